The fourth-order valence-corrected chi connectivity index (χ4v) is 2.69. The topological polar surface area (TPSA) is 26.3 Å². The van der Waals surface area contributed by atoms with Crippen LogP contribution in [0.5, 0.6) is 0 Å². The van der Waals surface area contributed by atoms with E-state index in [4.69, 9.17) is 27.0 Å². The lowest BCUT2D eigenvalue weighted by atomic mass is 10.1. The summed E-state index contributed by atoms with van der Waals surface area (Å²) in [6, 6.07) is 0. The van der Waals surface area contributed by atoms with Crippen LogP contribution in [0, 0.1) is 0 Å². The van der Waals surface area contributed by atoms with E-state index in [1.807, 2.05) is 0 Å². The molecule has 0 aliphatic rings. The van der Waals surface area contributed by atoms with Gasteiger partial charge in [-0.1, -0.05) is 71.1 Å². The molecule has 0 N–H and O–H groups in total. The first kappa shape index (κ1) is 18.8. The Morgan fingerprint density at radius 2 is 1.17 bits per heavy atom. The van der Waals surface area contributed by atoms with Crippen molar-refractivity contribution in [1.82, 2.24) is 0 Å². The van der Waals surface area contributed by atoms with E-state index in [-0.39, 0.29) is 0 Å². The van der Waals surface area contributed by atoms with Gasteiger partial charge in [0.05, 0.1) is 6.61 Å². The smallest absolute Gasteiger partial charge is 0.306 e. The average Bonchev–Trinajstić information content (AvgIpc) is 2.29. The van der Waals surface area contributed by atoms with E-state index in [1.54, 1.807) is 0 Å². The summed E-state index contributed by atoms with van der Waals surface area (Å²) in [6.45, 7) is 2.65. The van der Waals surface area contributed by atoms with Crippen LogP contribution in [0.3, 0.4) is 0 Å². The Balaban J connectivity index is 3.01. The van der Waals surface area contributed by atoms with Crippen LogP contribution in [0.1, 0.15) is 77.6 Å². The van der Waals surface area contributed by atoms with E-state index in [9.17, 15) is 4.57 Å². The Bertz CT molecular complexity index is 219. The van der Waals surface area contributed by atoms with Gasteiger partial charge in [-0.15, -0.1) is 0 Å². The van der Waals surface area contributed by atoms with Crippen molar-refractivity contribution in [2.45, 2.75) is 77.6 Å². The second-order valence-corrected chi connectivity index (χ2v) is 9.06. The summed E-state index contributed by atoms with van der Waals surface area (Å²) >= 11 is 10.5. The van der Waals surface area contributed by atoms with E-state index in [2.05, 4.69) is 6.92 Å². The summed E-state index contributed by atoms with van der Waals surface area (Å²) in [6.07, 6.45) is 10.7. The maximum absolute atomic E-state index is 10.8. The van der Waals surface area contributed by atoms with Crippen molar-refractivity contribution in [3.8, 4) is 0 Å². The minimum absolute atomic E-state index is 0.404. The van der Waals surface area contributed by atoms with Crippen LogP contribution in [0.25, 0.3) is 0 Å². The minimum Gasteiger partial charge on any atom is -0.306 e. The van der Waals surface area contributed by atoms with Gasteiger partial charge in [-0.25, -0.2) is 0 Å². The second-order valence-electron chi connectivity index (χ2n) is 4.78. The number of halogens is 2. The predicted octanol–water partition coefficient (Wildman–Crippen LogP) is 6.90. The molecule has 0 saturated carbocycles. The van der Waals surface area contributed by atoms with Crippen molar-refractivity contribution >= 4 is 28.6 Å². The Kier molecular flexibility index (Phi) is 13.3. The molecule has 2 nitrogen and oxygen atoms in total. The van der Waals surface area contributed by atoms with Crippen molar-refractivity contribution < 1.29 is 9.09 Å². The molecule has 0 amide bonds. The molecule has 0 aliphatic heterocycles. The van der Waals surface area contributed by atoms with Crippen LogP contribution in [0.2, 0.25) is 0 Å². The highest BCUT2D eigenvalue weighted by Crippen LogP contribution is 2.57. The van der Waals surface area contributed by atoms with Crippen LogP contribution >= 0.6 is 28.6 Å². The molecule has 0 radical (unpaired) electrons. The first-order valence-corrected chi connectivity index (χ1v) is 10.6. The summed E-state index contributed by atoms with van der Waals surface area (Å²) in [7, 11) is 0. The van der Waals surface area contributed by atoms with Gasteiger partial charge in [0, 0.05) is 0 Å². The number of unbranched alkanes of at least 4 members (excludes halogenated alkanes) is 10. The molecule has 18 heavy (non-hydrogen) atoms. The Labute approximate surface area is 122 Å². The fraction of sp³-hybridized carbons (Fsp3) is 1.00. The molecule has 0 bridgehead atoms. The molecule has 0 aromatic rings. The van der Waals surface area contributed by atoms with Crippen molar-refractivity contribution in [2.75, 3.05) is 6.61 Å². The summed E-state index contributed by atoms with van der Waals surface area (Å²) in [5.74, 6) is 0. The number of hydrogen-bond acceptors (Lipinski definition) is 2. The van der Waals surface area contributed by atoms with Crippen molar-refractivity contribution in [3.05, 3.63) is 0 Å². The molecule has 0 heterocycles. The van der Waals surface area contributed by atoms with E-state index < -0.39 is 6.07 Å². The summed E-state index contributed by atoms with van der Waals surface area (Å²) in [4.78, 5) is 0. The molecule has 0 aliphatic carbocycles. The van der Waals surface area contributed by atoms with E-state index in [0.717, 1.165) is 12.8 Å². The van der Waals surface area contributed by atoms with Gasteiger partial charge in [0.15, 0.2) is 0 Å². The molecular formula is C13H27Cl2O2P. The van der Waals surface area contributed by atoms with Gasteiger partial charge in [0.2, 0.25) is 0 Å². The predicted molar refractivity (Wildman–Crippen MR) is 81.7 cm³/mol. The second kappa shape index (κ2) is 12.8. The SMILES string of the molecule is CCCCCCCCCCCCCOP(=O)(Cl)Cl. The molecule has 0 saturated heterocycles. The molecular weight excluding hydrogens is 290 g/mol. The molecule has 0 atom stereocenters. The standard InChI is InChI=1S/C13H27Cl2O2P/c1-2-3-4-5-6-7-8-9-10-11-12-13-17-18(14,15)16/h2-13H2,1H3. The number of hydrogen-bond donors (Lipinski definition) is 0. The highest BCUT2D eigenvalue weighted by Gasteiger charge is 2.12. The fourth-order valence-electron chi connectivity index (χ4n) is 1.94. The van der Waals surface area contributed by atoms with Gasteiger partial charge in [-0.2, -0.15) is 0 Å². The summed E-state index contributed by atoms with van der Waals surface area (Å²) in [5.41, 5.74) is 0. The summed E-state index contributed by atoms with van der Waals surface area (Å²) in [5, 5.41) is 0. The molecule has 0 aromatic carbocycles. The minimum atomic E-state index is -3.30. The molecule has 110 valence electrons. The lowest BCUT2D eigenvalue weighted by Gasteiger charge is -2.04. The molecule has 0 unspecified atom stereocenters. The molecule has 5 heteroatoms. The Morgan fingerprint density at radius 3 is 1.56 bits per heavy atom. The van der Waals surface area contributed by atoms with Crippen LogP contribution in [-0.4, -0.2) is 6.61 Å². The first-order chi connectivity index (χ1) is 8.56. The van der Waals surface area contributed by atoms with Crippen LogP contribution in [0.15, 0.2) is 0 Å². The van der Waals surface area contributed by atoms with E-state index in [0.29, 0.717) is 6.61 Å². The molecule has 0 fully saturated rings. The van der Waals surface area contributed by atoms with Crippen molar-refractivity contribution in [3.63, 3.8) is 0 Å². The first-order valence-electron chi connectivity index (χ1n) is 7.20. The van der Waals surface area contributed by atoms with Crippen LogP contribution in [0.4, 0.5) is 0 Å². The van der Waals surface area contributed by atoms with E-state index in [1.165, 1.54) is 57.8 Å². The molecule has 0 spiro atoms. The average molecular weight is 317 g/mol. The van der Waals surface area contributed by atoms with Crippen LogP contribution < -0.4 is 0 Å². The number of rotatable bonds is 13. The van der Waals surface area contributed by atoms with Gasteiger partial charge < -0.3 is 4.52 Å². The maximum atomic E-state index is 10.8. The van der Waals surface area contributed by atoms with Crippen molar-refractivity contribution in [1.29, 1.82) is 0 Å². The third-order valence-corrected chi connectivity index (χ3v) is 4.06. The highest BCUT2D eigenvalue weighted by molar-refractivity contribution is 8.05. The summed E-state index contributed by atoms with van der Waals surface area (Å²) < 4.78 is 15.6. The van der Waals surface area contributed by atoms with Crippen LogP contribution in [-0.2, 0) is 9.09 Å². The zero-order chi connectivity index (χ0) is 13.7. The zero-order valence-corrected chi connectivity index (χ0v) is 13.9. The normalized spacial score (nSPS) is 11.9. The van der Waals surface area contributed by atoms with Gasteiger partial charge in [0.1, 0.15) is 0 Å². The Morgan fingerprint density at radius 1 is 0.778 bits per heavy atom. The molecule has 0 aromatic heterocycles. The van der Waals surface area contributed by atoms with E-state index >= 15 is 0 Å². The Hall–Kier alpha value is 0.770. The quantitative estimate of drug-likeness (QED) is 0.273. The lowest BCUT2D eigenvalue weighted by molar-refractivity contribution is 0.320. The van der Waals surface area contributed by atoms with Crippen molar-refractivity contribution in [2.24, 2.45) is 0 Å². The van der Waals surface area contributed by atoms with Gasteiger partial charge in [-0.05, 0) is 28.9 Å². The third kappa shape index (κ3) is 16.8. The third-order valence-electron chi connectivity index (χ3n) is 2.99. The molecule has 0 rings (SSSR count). The monoisotopic (exact) mass is 316 g/mol. The van der Waals surface area contributed by atoms with Gasteiger partial charge in [0.25, 0.3) is 0 Å². The lowest BCUT2D eigenvalue weighted by Crippen LogP contribution is -1.88. The van der Waals surface area contributed by atoms with Gasteiger partial charge >= 0.3 is 6.07 Å². The largest absolute Gasteiger partial charge is 0.380 e. The zero-order valence-electron chi connectivity index (χ0n) is 11.5. The highest BCUT2D eigenvalue weighted by atomic mass is 35.9. The maximum Gasteiger partial charge on any atom is 0.380 e. The van der Waals surface area contributed by atoms with Gasteiger partial charge in [-0.3, -0.25) is 4.57 Å².